The quantitative estimate of drug-likeness (QED) is 0.801. The molecular weight excluding hydrogens is 290 g/mol. The topological polar surface area (TPSA) is 108 Å². The molecule has 0 aliphatic heterocycles. The second kappa shape index (κ2) is 4.59. The van der Waals surface area contributed by atoms with Crippen molar-refractivity contribution in [2.75, 3.05) is 17.6 Å². The lowest BCUT2D eigenvalue weighted by Gasteiger charge is -2.67. The number of rotatable bonds is 4. The molecule has 116 valence electrons. The SMILES string of the molecule is N#CC12CC(CNc3cc(-c4ccccc4O)nnc3N)(C1)C2. The molecule has 0 unspecified atom stereocenters. The van der Waals surface area contributed by atoms with E-state index in [1.807, 2.05) is 12.1 Å². The highest BCUT2D eigenvalue weighted by molar-refractivity contribution is 5.73. The van der Waals surface area contributed by atoms with Crippen LogP contribution in [-0.4, -0.2) is 21.8 Å². The van der Waals surface area contributed by atoms with Crippen molar-refractivity contribution in [1.82, 2.24) is 10.2 Å². The number of benzene rings is 1. The van der Waals surface area contributed by atoms with Gasteiger partial charge in [0, 0.05) is 12.1 Å². The number of nitriles is 1. The van der Waals surface area contributed by atoms with Gasteiger partial charge in [-0.15, -0.1) is 10.2 Å². The summed E-state index contributed by atoms with van der Waals surface area (Å²) in [5.74, 6) is 0.499. The fraction of sp³-hybridized carbons (Fsp3) is 0.353. The van der Waals surface area contributed by atoms with Crippen LogP contribution in [0.3, 0.4) is 0 Å². The van der Waals surface area contributed by atoms with E-state index < -0.39 is 0 Å². The Labute approximate surface area is 134 Å². The molecule has 1 heterocycles. The van der Waals surface area contributed by atoms with Crippen molar-refractivity contribution in [2.45, 2.75) is 19.3 Å². The molecule has 2 aromatic rings. The molecule has 4 N–H and O–H groups in total. The highest BCUT2D eigenvalue weighted by atomic mass is 16.3. The Bertz CT molecular complexity index is 806. The monoisotopic (exact) mass is 307 g/mol. The van der Waals surface area contributed by atoms with E-state index in [2.05, 4.69) is 21.6 Å². The minimum Gasteiger partial charge on any atom is -0.507 e. The maximum absolute atomic E-state index is 9.94. The molecule has 6 heteroatoms. The van der Waals surface area contributed by atoms with Crippen molar-refractivity contribution in [3.8, 4) is 23.1 Å². The third-order valence-corrected chi connectivity index (χ3v) is 5.03. The lowest BCUT2D eigenvalue weighted by atomic mass is 9.36. The fourth-order valence-electron chi connectivity index (χ4n) is 3.95. The molecule has 2 bridgehead atoms. The molecule has 3 aliphatic carbocycles. The van der Waals surface area contributed by atoms with Gasteiger partial charge in [0.2, 0.25) is 0 Å². The Morgan fingerprint density at radius 3 is 2.70 bits per heavy atom. The Balaban J connectivity index is 1.52. The van der Waals surface area contributed by atoms with E-state index in [0.29, 0.717) is 22.8 Å². The largest absolute Gasteiger partial charge is 0.507 e. The minimum absolute atomic E-state index is 0.0509. The van der Waals surface area contributed by atoms with Crippen LogP contribution in [0.4, 0.5) is 11.5 Å². The van der Waals surface area contributed by atoms with E-state index in [-0.39, 0.29) is 16.6 Å². The standard InChI is InChI=1S/C17H17N5O/c18-9-16-6-17(7-16,8-16)10-20-13-5-12(21-22-15(13)19)11-3-1-2-4-14(11)23/h1-5,23H,6-8,10H2,(H2,19,22)(H,20,21). The summed E-state index contributed by atoms with van der Waals surface area (Å²) in [5, 5.41) is 30.4. The average molecular weight is 307 g/mol. The predicted octanol–water partition coefficient (Wildman–Crippen LogP) is 2.54. The Morgan fingerprint density at radius 2 is 2.00 bits per heavy atom. The first-order valence-electron chi connectivity index (χ1n) is 7.62. The van der Waals surface area contributed by atoms with Gasteiger partial charge < -0.3 is 16.2 Å². The van der Waals surface area contributed by atoms with Gasteiger partial charge in [-0.2, -0.15) is 5.26 Å². The highest BCUT2D eigenvalue weighted by Gasteiger charge is 2.68. The van der Waals surface area contributed by atoms with Gasteiger partial charge in [0.05, 0.1) is 22.9 Å². The number of anilines is 2. The molecule has 23 heavy (non-hydrogen) atoms. The number of aromatic hydroxyl groups is 1. The van der Waals surface area contributed by atoms with Crippen LogP contribution in [-0.2, 0) is 0 Å². The zero-order valence-corrected chi connectivity index (χ0v) is 12.6. The van der Waals surface area contributed by atoms with Crippen LogP contribution in [0.1, 0.15) is 19.3 Å². The molecule has 0 spiro atoms. The normalized spacial score (nSPS) is 27.4. The third kappa shape index (κ3) is 2.08. The van der Waals surface area contributed by atoms with E-state index in [4.69, 9.17) is 11.0 Å². The number of hydrogen-bond donors (Lipinski definition) is 3. The van der Waals surface area contributed by atoms with Gasteiger partial charge in [-0.3, -0.25) is 0 Å². The molecule has 0 amide bonds. The number of nitrogen functional groups attached to an aromatic ring is 1. The lowest BCUT2D eigenvalue weighted by Crippen LogP contribution is -2.63. The lowest BCUT2D eigenvalue weighted by molar-refractivity contribution is -0.151. The van der Waals surface area contributed by atoms with Crippen LogP contribution in [0, 0.1) is 22.2 Å². The summed E-state index contributed by atoms with van der Waals surface area (Å²) in [6.45, 7) is 0.784. The zero-order chi connectivity index (χ0) is 16.1. The molecular formula is C17H17N5O. The van der Waals surface area contributed by atoms with Gasteiger partial charge in [-0.05, 0) is 42.9 Å². The Hall–Kier alpha value is -2.81. The van der Waals surface area contributed by atoms with Gasteiger partial charge in [0.15, 0.2) is 5.82 Å². The molecule has 0 saturated heterocycles. The first-order valence-corrected chi connectivity index (χ1v) is 7.62. The number of nitrogens with zero attached hydrogens (tertiary/aromatic N) is 3. The van der Waals surface area contributed by atoms with Crippen molar-refractivity contribution < 1.29 is 5.11 Å². The molecule has 1 aromatic carbocycles. The summed E-state index contributed by atoms with van der Waals surface area (Å²) in [6.07, 6.45) is 2.90. The van der Waals surface area contributed by atoms with E-state index in [1.54, 1.807) is 18.2 Å². The van der Waals surface area contributed by atoms with Crippen molar-refractivity contribution in [2.24, 2.45) is 10.8 Å². The zero-order valence-electron chi connectivity index (χ0n) is 12.6. The minimum atomic E-state index is -0.0509. The molecule has 3 saturated carbocycles. The van der Waals surface area contributed by atoms with E-state index in [0.717, 1.165) is 25.8 Å². The van der Waals surface area contributed by atoms with Crippen molar-refractivity contribution in [3.05, 3.63) is 30.3 Å². The molecule has 0 radical (unpaired) electrons. The molecule has 5 rings (SSSR count). The summed E-state index contributed by atoms with van der Waals surface area (Å²) in [4.78, 5) is 0. The van der Waals surface area contributed by atoms with E-state index in [1.165, 1.54) is 0 Å². The summed E-state index contributed by atoms with van der Waals surface area (Å²) in [6, 6.07) is 11.2. The highest BCUT2D eigenvalue weighted by Crippen LogP contribution is 2.72. The first kappa shape index (κ1) is 13.8. The molecule has 6 nitrogen and oxygen atoms in total. The van der Waals surface area contributed by atoms with Crippen molar-refractivity contribution in [3.63, 3.8) is 0 Å². The van der Waals surface area contributed by atoms with Gasteiger partial charge in [-0.1, -0.05) is 12.1 Å². The van der Waals surface area contributed by atoms with Crippen LogP contribution in [0.5, 0.6) is 5.75 Å². The summed E-state index contributed by atoms with van der Waals surface area (Å²) in [5.41, 5.74) is 8.01. The smallest absolute Gasteiger partial charge is 0.169 e. The molecule has 0 atom stereocenters. The summed E-state index contributed by atoms with van der Waals surface area (Å²) >= 11 is 0. The number of para-hydroxylation sites is 1. The first-order chi connectivity index (χ1) is 11.0. The van der Waals surface area contributed by atoms with Gasteiger partial charge in [-0.25, -0.2) is 0 Å². The van der Waals surface area contributed by atoms with Crippen LogP contribution in [0.25, 0.3) is 11.3 Å². The number of hydrogen-bond acceptors (Lipinski definition) is 6. The van der Waals surface area contributed by atoms with Crippen molar-refractivity contribution >= 4 is 11.5 Å². The fourth-order valence-corrected chi connectivity index (χ4v) is 3.95. The number of nitrogens with one attached hydrogen (secondary N) is 1. The maximum atomic E-state index is 9.94. The molecule has 1 aromatic heterocycles. The number of nitrogens with two attached hydrogens (primary N) is 1. The average Bonchev–Trinajstić information content (AvgIpc) is 2.47. The van der Waals surface area contributed by atoms with Crippen LogP contribution in [0.15, 0.2) is 30.3 Å². The maximum Gasteiger partial charge on any atom is 0.169 e. The second-order valence-corrected chi connectivity index (χ2v) is 6.82. The number of phenols is 1. The van der Waals surface area contributed by atoms with Crippen LogP contribution in [0.2, 0.25) is 0 Å². The predicted molar refractivity (Wildman–Crippen MR) is 86.4 cm³/mol. The van der Waals surface area contributed by atoms with E-state index >= 15 is 0 Å². The van der Waals surface area contributed by atoms with Gasteiger partial charge >= 0.3 is 0 Å². The van der Waals surface area contributed by atoms with Gasteiger partial charge in [0.25, 0.3) is 0 Å². The number of aromatic nitrogens is 2. The third-order valence-electron chi connectivity index (χ3n) is 5.03. The van der Waals surface area contributed by atoms with Crippen LogP contribution >= 0.6 is 0 Å². The van der Waals surface area contributed by atoms with E-state index in [9.17, 15) is 5.11 Å². The number of phenolic OH excluding ortho intramolecular Hbond substituents is 1. The second-order valence-electron chi connectivity index (χ2n) is 6.82. The molecule has 3 fully saturated rings. The van der Waals surface area contributed by atoms with Gasteiger partial charge in [0.1, 0.15) is 5.75 Å². The Morgan fingerprint density at radius 1 is 1.26 bits per heavy atom. The van der Waals surface area contributed by atoms with Crippen molar-refractivity contribution in [1.29, 1.82) is 5.26 Å². The summed E-state index contributed by atoms with van der Waals surface area (Å²) in [7, 11) is 0. The summed E-state index contributed by atoms with van der Waals surface area (Å²) < 4.78 is 0. The van der Waals surface area contributed by atoms with Crippen LogP contribution < -0.4 is 11.1 Å². The Kier molecular flexibility index (Phi) is 2.76. The molecule has 3 aliphatic rings.